The van der Waals surface area contributed by atoms with E-state index in [0.717, 1.165) is 17.5 Å². The van der Waals surface area contributed by atoms with E-state index in [4.69, 9.17) is 5.73 Å². The summed E-state index contributed by atoms with van der Waals surface area (Å²) in [5.41, 5.74) is 7.01. The molecule has 0 bridgehead atoms. The molecule has 2 aliphatic rings. The molecule has 2 fully saturated rings. The summed E-state index contributed by atoms with van der Waals surface area (Å²) in [5.74, 6) is -2.26. The van der Waals surface area contributed by atoms with Crippen molar-refractivity contribution in [2.75, 3.05) is 0 Å². The van der Waals surface area contributed by atoms with E-state index in [2.05, 4.69) is 10.6 Å². The predicted octanol–water partition coefficient (Wildman–Crippen LogP) is 1.50. The lowest BCUT2D eigenvalue weighted by atomic mass is 9.73. The second-order valence-electron chi connectivity index (χ2n) is 10.3. The fourth-order valence-corrected chi connectivity index (χ4v) is 6.01. The highest BCUT2D eigenvalue weighted by Crippen LogP contribution is 2.54. The largest absolute Gasteiger partial charge is 0.508 e. The van der Waals surface area contributed by atoms with Crippen LogP contribution in [0.15, 0.2) is 54.6 Å². The van der Waals surface area contributed by atoms with Gasteiger partial charge in [0, 0.05) is 17.8 Å². The van der Waals surface area contributed by atoms with Crippen molar-refractivity contribution in [3.05, 3.63) is 65.7 Å². The number of rotatable bonds is 9. The molecule has 2 aromatic carbocycles. The molecule has 0 radical (unpaired) electrons. The zero-order chi connectivity index (χ0) is 26.6. The fourth-order valence-electron chi connectivity index (χ4n) is 6.01. The van der Waals surface area contributed by atoms with Crippen LogP contribution >= 0.6 is 0 Å². The van der Waals surface area contributed by atoms with Crippen molar-refractivity contribution in [1.29, 1.82) is 0 Å². The van der Waals surface area contributed by atoms with Crippen LogP contribution in [0.4, 0.5) is 0 Å². The number of aliphatic hydroxyl groups excluding tert-OH is 1. The number of carboxylic acids is 1. The first kappa shape index (κ1) is 26.6. The maximum Gasteiger partial charge on any atom is 0.326 e. The Morgan fingerprint density at radius 2 is 1.65 bits per heavy atom. The summed E-state index contributed by atoms with van der Waals surface area (Å²) in [6.07, 6.45) is 2.51. The second-order valence-corrected chi connectivity index (χ2v) is 10.3. The minimum absolute atomic E-state index is 0.131. The van der Waals surface area contributed by atoms with Crippen LogP contribution in [0.1, 0.15) is 43.2 Å². The average molecular weight is 510 g/mol. The van der Waals surface area contributed by atoms with Crippen LogP contribution < -0.4 is 16.4 Å². The van der Waals surface area contributed by atoms with E-state index in [1.807, 2.05) is 30.3 Å². The number of carbonyl (C=O) groups excluding carboxylic acids is 2. The van der Waals surface area contributed by atoms with Crippen LogP contribution in [0.25, 0.3) is 0 Å². The van der Waals surface area contributed by atoms with Crippen LogP contribution in [-0.4, -0.2) is 57.3 Å². The van der Waals surface area contributed by atoms with Gasteiger partial charge in [-0.05, 0) is 55.4 Å². The van der Waals surface area contributed by atoms with Gasteiger partial charge < -0.3 is 31.7 Å². The molecule has 9 nitrogen and oxygen atoms in total. The van der Waals surface area contributed by atoms with Crippen molar-refractivity contribution in [2.24, 2.45) is 17.1 Å². The van der Waals surface area contributed by atoms with Crippen molar-refractivity contribution in [1.82, 2.24) is 10.6 Å². The molecule has 198 valence electrons. The summed E-state index contributed by atoms with van der Waals surface area (Å²) in [6, 6.07) is 13.2. The Labute approximate surface area is 216 Å². The van der Waals surface area contributed by atoms with Crippen LogP contribution in [0.5, 0.6) is 5.75 Å². The first-order chi connectivity index (χ1) is 17.7. The topological polar surface area (TPSA) is 162 Å². The zero-order valence-electron chi connectivity index (χ0n) is 20.7. The SMILES string of the molecule is N[C@H](Cc1ccc(O)cc1)C(=O)N[C@H]1CC[C@]2(CCC[C@@H]2C(=O)N[C@H](Cc2ccccc2)C(=O)O)[C@@H]1O. The molecule has 0 saturated heterocycles. The summed E-state index contributed by atoms with van der Waals surface area (Å²) in [5, 5.41) is 36.0. The van der Waals surface area contributed by atoms with Crippen molar-refractivity contribution in [3.63, 3.8) is 0 Å². The first-order valence-electron chi connectivity index (χ1n) is 12.8. The van der Waals surface area contributed by atoms with Gasteiger partial charge in [-0.25, -0.2) is 4.79 Å². The molecule has 0 unspecified atom stereocenters. The first-order valence-corrected chi connectivity index (χ1v) is 12.8. The minimum Gasteiger partial charge on any atom is -0.508 e. The Morgan fingerprint density at radius 1 is 0.973 bits per heavy atom. The average Bonchev–Trinajstić information content (AvgIpc) is 3.45. The minimum atomic E-state index is -1.11. The number of phenolic OH excluding ortho intramolecular Hbond substituents is 1. The van der Waals surface area contributed by atoms with E-state index in [9.17, 15) is 29.7 Å². The Morgan fingerprint density at radius 3 is 2.32 bits per heavy atom. The number of hydrogen-bond acceptors (Lipinski definition) is 6. The van der Waals surface area contributed by atoms with Crippen molar-refractivity contribution < 1.29 is 29.7 Å². The number of carbonyl (C=O) groups is 3. The van der Waals surface area contributed by atoms with E-state index in [1.54, 1.807) is 12.1 Å². The van der Waals surface area contributed by atoms with E-state index < -0.39 is 41.5 Å². The summed E-state index contributed by atoms with van der Waals surface area (Å²) >= 11 is 0. The molecular formula is C28H35N3O6. The molecular weight excluding hydrogens is 474 g/mol. The van der Waals surface area contributed by atoms with Gasteiger partial charge in [-0.15, -0.1) is 0 Å². The lowest BCUT2D eigenvalue weighted by Gasteiger charge is -2.36. The van der Waals surface area contributed by atoms with Gasteiger partial charge in [0.15, 0.2) is 0 Å². The molecule has 0 aliphatic heterocycles. The van der Waals surface area contributed by atoms with Gasteiger partial charge in [0.1, 0.15) is 11.8 Å². The Hall–Kier alpha value is -3.43. The summed E-state index contributed by atoms with van der Waals surface area (Å²) < 4.78 is 0. The van der Waals surface area contributed by atoms with Crippen LogP contribution in [0, 0.1) is 11.3 Å². The lowest BCUT2D eigenvalue weighted by molar-refractivity contribution is -0.144. The Balaban J connectivity index is 1.38. The molecule has 6 atom stereocenters. The Bertz CT molecular complexity index is 1110. The van der Waals surface area contributed by atoms with Crippen molar-refractivity contribution in [3.8, 4) is 5.75 Å². The maximum absolute atomic E-state index is 13.3. The molecule has 7 N–H and O–H groups in total. The number of aliphatic hydroxyl groups is 1. The van der Waals surface area contributed by atoms with E-state index in [-0.39, 0.29) is 30.4 Å². The van der Waals surface area contributed by atoms with Gasteiger partial charge in [-0.3, -0.25) is 9.59 Å². The third-order valence-corrected chi connectivity index (χ3v) is 7.99. The lowest BCUT2D eigenvalue weighted by Crippen LogP contribution is -2.54. The highest BCUT2D eigenvalue weighted by Gasteiger charge is 2.57. The monoisotopic (exact) mass is 509 g/mol. The van der Waals surface area contributed by atoms with Crippen LogP contribution in [0.3, 0.4) is 0 Å². The molecule has 2 aromatic rings. The molecule has 0 aromatic heterocycles. The number of aliphatic carboxylic acids is 1. The molecule has 2 aliphatic carbocycles. The molecule has 2 saturated carbocycles. The quantitative estimate of drug-likeness (QED) is 0.298. The number of benzene rings is 2. The van der Waals surface area contributed by atoms with Crippen molar-refractivity contribution in [2.45, 2.75) is 69.2 Å². The Kier molecular flexibility index (Phi) is 8.14. The van der Waals surface area contributed by atoms with Crippen molar-refractivity contribution >= 4 is 17.8 Å². The number of phenols is 1. The summed E-state index contributed by atoms with van der Waals surface area (Å²) in [4.78, 5) is 38.0. The van der Waals surface area contributed by atoms with E-state index in [1.165, 1.54) is 12.1 Å². The maximum atomic E-state index is 13.3. The highest BCUT2D eigenvalue weighted by molar-refractivity contribution is 5.86. The molecule has 4 rings (SSSR count). The normalized spacial score (nSPS) is 26.5. The van der Waals surface area contributed by atoms with Gasteiger partial charge in [-0.1, -0.05) is 48.9 Å². The van der Waals surface area contributed by atoms with Crippen LogP contribution in [-0.2, 0) is 27.2 Å². The third kappa shape index (κ3) is 5.94. The van der Waals surface area contributed by atoms with Gasteiger partial charge in [0.25, 0.3) is 0 Å². The van der Waals surface area contributed by atoms with Gasteiger partial charge in [0.05, 0.1) is 18.2 Å². The second kappa shape index (κ2) is 11.3. The van der Waals surface area contributed by atoms with Crippen LogP contribution in [0.2, 0.25) is 0 Å². The van der Waals surface area contributed by atoms with E-state index in [0.29, 0.717) is 25.7 Å². The zero-order valence-corrected chi connectivity index (χ0v) is 20.7. The molecule has 1 spiro atoms. The number of nitrogens with one attached hydrogen (secondary N) is 2. The number of amides is 2. The standard InChI is InChI=1S/C28H35N3O6/c29-21(15-18-8-10-19(32)11-9-18)26(35)30-22-12-14-28(24(22)33)13-4-7-20(28)25(34)31-23(27(36)37)16-17-5-2-1-3-6-17/h1-3,5-6,8-11,20-24,32-33H,4,7,12-16,29H2,(H,30,35)(H,31,34)(H,36,37)/t20-,21-,22+,23-,24-,28+/m1/s1. The van der Waals surface area contributed by atoms with E-state index >= 15 is 0 Å². The number of nitrogens with two attached hydrogens (primary N) is 1. The summed E-state index contributed by atoms with van der Waals surface area (Å²) in [6.45, 7) is 0. The highest BCUT2D eigenvalue weighted by atomic mass is 16.4. The fraction of sp³-hybridized carbons (Fsp3) is 0.464. The molecule has 37 heavy (non-hydrogen) atoms. The van der Waals surface area contributed by atoms with Gasteiger partial charge in [-0.2, -0.15) is 0 Å². The number of aromatic hydroxyl groups is 1. The molecule has 0 heterocycles. The van der Waals surface area contributed by atoms with Gasteiger partial charge >= 0.3 is 5.97 Å². The number of hydrogen-bond donors (Lipinski definition) is 6. The number of carboxylic acid groups (broad SMARTS) is 1. The molecule has 9 heteroatoms. The van der Waals surface area contributed by atoms with Gasteiger partial charge in [0.2, 0.25) is 11.8 Å². The predicted molar refractivity (Wildman–Crippen MR) is 136 cm³/mol. The smallest absolute Gasteiger partial charge is 0.326 e. The third-order valence-electron chi connectivity index (χ3n) is 7.99. The summed E-state index contributed by atoms with van der Waals surface area (Å²) in [7, 11) is 0. The molecule has 2 amide bonds.